The van der Waals surface area contributed by atoms with Gasteiger partial charge in [0.15, 0.2) is 5.96 Å². The van der Waals surface area contributed by atoms with Crippen LogP contribution in [0.3, 0.4) is 0 Å². The van der Waals surface area contributed by atoms with Crippen molar-refractivity contribution in [2.24, 2.45) is 4.99 Å². The zero-order valence-corrected chi connectivity index (χ0v) is 14.8. The zero-order valence-electron chi connectivity index (χ0n) is 11.6. The molecular formula is C11H25IN4O2S. The summed E-state index contributed by atoms with van der Waals surface area (Å²) in [7, 11) is -1.38. The van der Waals surface area contributed by atoms with Gasteiger partial charge in [-0.2, -0.15) is 0 Å². The summed E-state index contributed by atoms with van der Waals surface area (Å²) in [4.78, 5) is 4.13. The molecule has 19 heavy (non-hydrogen) atoms. The fourth-order valence-corrected chi connectivity index (χ4v) is 2.53. The van der Waals surface area contributed by atoms with Gasteiger partial charge in [0.25, 0.3) is 0 Å². The molecule has 0 aromatic heterocycles. The van der Waals surface area contributed by atoms with E-state index in [4.69, 9.17) is 0 Å². The molecule has 1 aliphatic rings. The van der Waals surface area contributed by atoms with Crippen LogP contribution < -0.4 is 15.4 Å². The minimum Gasteiger partial charge on any atom is -0.355 e. The average molecular weight is 404 g/mol. The maximum atomic E-state index is 10.9. The van der Waals surface area contributed by atoms with Gasteiger partial charge in [-0.15, -0.1) is 24.0 Å². The monoisotopic (exact) mass is 404 g/mol. The highest BCUT2D eigenvalue weighted by Crippen LogP contribution is 2.16. The lowest BCUT2D eigenvalue weighted by Crippen LogP contribution is -2.46. The van der Waals surface area contributed by atoms with Crippen LogP contribution in [-0.4, -0.2) is 46.8 Å². The summed E-state index contributed by atoms with van der Waals surface area (Å²) >= 11 is 0. The maximum Gasteiger partial charge on any atom is 0.208 e. The normalized spacial score (nSPS) is 17.7. The Hall–Kier alpha value is -0.0900. The van der Waals surface area contributed by atoms with Gasteiger partial charge in [-0.1, -0.05) is 19.3 Å². The molecule has 8 heteroatoms. The number of hydrogen-bond acceptors (Lipinski definition) is 3. The van der Waals surface area contributed by atoms with Gasteiger partial charge in [-0.25, -0.2) is 13.1 Å². The van der Waals surface area contributed by atoms with E-state index in [1.807, 2.05) is 0 Å². The summed E-state index contributed by atoms with van der Waals surface area (Å²) in [5.41, 5.74) is 0. The second-order valence-electron chi connectivity index (χ2n) is 4.64. The Kier molecular flexibility index (Phi) is 9.71. The van der Waals surface area contributed by atoms with E-state index in [2.05, 4.69) is 20.3 Å². The van der Waals surface area contributed by atoms with Crippen LogP contribution in [0.25, 0.3) is 0 Å². The summed E-state index contributed by atoms with van der Waals surface area (Å²) in [6.07, 6.45) is 7.38. The Morgan fingerprint density at radius 1 is 1.21 bits per heavy atom. The number of guanidine groups is 1. The van der Waals surface area contributed by atoms with Crippen LogP contribution >= 0.6 is 24.0 Å². The van der Waals surface area contributed by atoms with Gasteiger partial charge in [-0.3, -0.25) is 4.99 Å². The summed E-state index contributed by atoms with van der Waals surface area (Å²) < 4.78 is 24.2. The molecule has 0 bridgehead atoms. The third-order valence-corrected chi connectivity index (χ3v) is 3.68. The molecule has 0 aliphatic heterocycles. The fourth-order valence-electron chi connectivity index (χ4n) is 2.05. The van der Waals surface area contributed by atoms with Gasteiger partial charge in [0.05, 0.1) is 6.26 Å². The van der Waals surface area contributed by atoms with Crippen LogP contribution in [0.1, 0.15) is 32.1 Å². The molecule has 3 N–H and O–H groups in total. The van der Waals surface area contributed by atoms with Crippen LogP contribution in [0, 0.1) is 0 Å². The SMILES string of the molecule is CN=C(NCCNS(C)(=O)=O)NC1CCCCC1.I. The van der Waals surface area contributed by atoms with E-state index in [9.17, 15) is 8.42 Å². The summed E-state index contributed by atoms with van der Waals surface area (Å²) in [6.45, 7) is 0.893. The number of nitrogens with one attached hydrogen (secondary N) is 3. The number of hydrogen-bond donors (Lipinski definition) is 3. The number of nitrogens with zero attached hydrogens (tertiary/aromatic N) is 1. The second kappa shape index (κ2) is 9.76. The third-order valence-electron chi connectivity index (χ3n) is 2.95. The fraction of sp³-hybridized carbons (Fsp3) is 0.909. The Morgan fingerprint density at radius 2 is 1.84 bits per heavy atom. The van der Waals surface area contributed by atoms with Crippen LogP contribution in [0.4, 0.5) is 0 Å². The number of aliphatic imine (C=N–C) groups is 1. The molecule has 0 unspecified atom stereocenters. The molecule has 6 nitrogen and oxygen atoms in total. The lowest BCUT2D eigenvalue weighted by atomic mass is 9.96. The minimum atomic E-state index is -3.11. The molecule has 0 aromatic carbocycles. The Bertz CT molecular complexity index is 367. The zero-order chi connectivity index (χ0) is 13.4. The van der Waals surface area contributed by atoms with Gasteiger partial charge in [-0.05, 0) is 12.8 Å². The highest BCUT2D eigenvalue weighted by atomic mass is 127. The third kappa shape index (κ3) is 9.44. The van der Waals surface area contributed by atoms with E-state index in [1.54, 1.807) is 7.05 Å². The van der Waals surface area contributed by atoms with E-state index < -0.39 is 10.0 Å². The van der Waals surface area contributed by atoms with E-state index in [0.717, 1.165) is 12.2 Å². The van der Waals surface area contributed by atoms with Crippen molar-refractivity contribution >= 4 is 40.0 Å². The lowest BCUT2D eigenvalue weighted by molar-refractivity contribution is 0.410. The van der Waals surface area contributed by atoms with Gasteiger partial charge in [0, 0.05) is 26.2 Å². The number of sulfonamides is 1. The van der Waals surface area contributed by atoms with Gasteiger partial charge in [0.2, 0.25) is 10.0 Å². The molecule has 0 heterocycles. The smallest absolute Gasteiger partial charge is 0.208 e. The van der Waals surface area contributed by atoms with Gasteiger partial charge < -0.3 is 10.6 Å². The topological polar surface area (TPSA) is 82.6 Å². The Morgan fingerprint density at radius 3 is 2.37 bits per heavy atom. The van der Waals surface area contributed by atoms with Crippen molar-refractivity contribution in [2.75, 3.05) is 26.4 Å². The second-order valence-corrected chi connectivity index (χ2v) is 6.48. The first-order chi connectivity index (χ1) is 8.51. The van der Waals surface area contributed by atoms with Crippen LogP contribution in [0.2, 0.25) is 0 Å². The van der Waals surface area contributed by atoms with E-state index >= 15 is 0 Å². The van der Waals surface area contributed by atoms with Crippen molar-refractivity contribution < 1.29 is 8.42 Å². The van der Waals surface area contributed by atoms with E-state index in [1.165, 1.54) is 32.1 Å². The van der Waals surface area contributed by atoms with Crippen molar-refractivity contribution in [3.05, 3.63) is 0 Å². The molecule has 0 radical (unpaired) electrons. The first kappa shape index (κ1) is 18.9. The Balaban J connectivity index is 0.00000324. The largest absolute Gasteiger partial charge is 0.355 e. The van der Waals surface area contributed by atoms with Crippen LogP contribution in [-0.2, 0) is 10.0 Å². The first-order valence-corrected chi connectivity index (χ1v) is 8.32. The van der Waals surface area contributed by atoms with Crippen LogP contribution in [0.5, 0.6) is 0 Å². The molecule has 1 saturated carbocycles. The van der Waals surface area contributed by atoms with E-state index in [-0.39, 0.29) is 24.0 Å². The molecular weight excluding hydrogens is 379 g/mol. The lowest BCUT2D eigenvalue weighted by Gasteiger charge is -2.24. The highest BCUT2D eigenvalue weighted by molar-refractivity contribution is 14.0. The molecule has 0 spiro atoms. The molecule has 1 fully saturated rings. The molecule has 0 amide bonds. The first-order valence-electron chi connectivity index (χ1n) is 6.43. The minimum absolute atomic E-state index is 0. The summed E-state index contributed by atoms with van der Waals surface area (Å²) in [5.74, 6) is 0.747. The van der Waals surface area contributed by atoms with Crippen LogP contribution in [0.15, 0.2) is 4.99 Å². The van der Waals surface area contributed by atoms with Crippen molar-refractivity contribution in [1.82, 2.24) is 15.4 Å². The summed E-state index contributed by atoms with van der Waals surface area (Å²) in [5, 5.41) is 6.47. The summed E-state index contributed by atoms with van der Waals surface area (Å²) in [6, 6.07) is 0.493. The molecule has 0 saturated heterocycles. The highest BCUT2D eigenvalue weighted by Gasteiger charge is 2.14. The molecule has 114 valence electrons. The average Bonchev–Trinajstić information content (AvgIpc) is 2.33. The maximum absolute atomic E-state index is 10.9. The Labute approximate surface area is 133 Å². The molecule has 1 rings (SSSR count). The van der Waals surface area contributed by atoms with Gasteiger partial charge in [0.1, 0.15) is 0 Å². The standard InChI is InChI=1S/C11H24N4O2S.HI/c1-12-11(13-8-9-14-18(2,16)17)15-10-6-4-3-5-7-10;/h10,14H,3-9H2,1-2H3,(H2,12,13,15);1H. The van der Waals surface area contributed by atoms with Gasteiger partial charge >= 0.3 is 0 Å². The predicted octanol–water partition coefficient (Wildman–Crippen LogP) is 0.651. The number of rotatable bonds is 5. The molecule has 0 atom stereocenters. The van der Waals surface area contributed by atoms with Crippen molar-refractivity contribution in [1.29, 1.82) is 0 Å². The predicted molar refractivity (Wildman–Crippen MR) is 89.6 cm³/mol. The molecule has 0 aromatic rings. The quantitative estimate of drug-likeness (QED) is 0.272. The molecule has 1 aliphatic carbocycles. The van der Waals surface area contributed by atoms with Crippen molar-refractivity contribution in [3.63, 3.8) is 0 Å². The van der Waals surface area contributed by atoms with Crippen molar-refractivity contribution in [2.45, 2.75) is 38.1 Å². The van der Waals surface area contributed by atoms with Crippen molar-refractivity contribution in [3.8, 4) is 0 Å². The van der Waals surface area contributed by atoms with E-state index in [0.29, 0.717) is 19.1 Å². The number of halogens is 1.